The molecule has 30 heavy (non-hydrogen) atoms. The SMILES string of the molecule is Cc1cc(NC(=O)C(C)OC(=O)/C(C#N)=C\c2cc(C)n(CCC(C)C)c2C)no1. The van der Waals surface area contributed by atoms with Gasteiger partial charge in [-0.2, -0.15) is 5.26 Å². The Morgan fingerprint density at radius 3 is 2.57 bits per heavy atom. The van der Waals surface area contributed by atoms with Crippen LogP contribution in [0, 0.1) is 38.0 Å². The van der Waals surface area contributed by atoms with Gasteiger partial charge in [-0.25, -0.2) is 4.79 Å². The van der Waals surface area contributed by atoms with Crippen LogP contribution in [0.3, 0.4) is 0 Å². The van der Waals surface area contributed by atoms with Gasteiger partial charge < -0.3 is 19.1 Å². The van der Waals surface area contributed by atoms with E-state index in [2.05, 4.69) is 28.9 Å². The van der Waals surface area contributed by atoms with Crippen LogP contribution in [0.4, 0.5) is 5.82 Å². The van der Waals surface area contributed by atoms with Crippen LogP contribution in [0.15, 0.2) is 22.2 Å². The number of aromatic nitrogens is 2. The van der Waals surface area contributed by atoms with Crippen LogP contribution in [0.25, 0.3) is 6.08 Å². The Kier molecular flexibility index (Phi) is 7.59. The van der Waals surface area contributed by atoms with Crippen LogP contribution in [0.2, 0.25) is 0 Å². The number of hydrogen-bond donors (Lipinski definition) is 1. The molecule has 0 aromatic carbocycles. The zero-order valence-corrected chi connectivity index (χ0v) is 18.3. The highest BCUT2D eigenvalue weighted by Gasteiger charge is 2.22. The van der Waals surface area contributed by atoms with E-state index in [1.165, 1.54) is 13.0 Å². The van der Waals surface area contributed by atoms with Gasteiger partial charge in [-0.15, -0.1) is 0 Å². The third kappa shape index (κ3) is 5.83. The molecule has 1 atom stereocenters. The monoisotopic (exact) mass is 412 g/mol. The van der Waals surface area contributed by atoms with Gasteiger partial charge in [0.25, 0.3) is 5.91 Å². The summed E-state index contributed by atoms with van der Waals surface area (Å²) >= 11 is 0. The largest absolute Gasteiger partial charge is 0.448 e. The van der Waals surface area contributed by atoms with Crippen molar-refractivity contribution in [3.63, 3.8) is 0 Å². The van der Waals surface area contributed by atoms with Gasteiger partial charge in [0, 0.05) is 24.0 Å². The van der Waals surface area contributed by atoms with Crippen LogP contribution < -0.4 is 5.32 Å². The van der Waals surface area contributed by atoms with Gasteiger partial charge in [0.2, 0.25) is 0 Å². The van der Waals surface area contributed by atoms with Gasteiger partial charge in [0.15, 0.2) is 11.9 Å². The predicted octanol–water partition coefficient (Wildman–Crippen LogP) is 3.92. The molecule has 2 aromatic heterocycles. The normalized spacial score (nSPS) is 12.5. The molecule has 2 rings (SSSR count). The zero-order chi connectivity index (χ0) is 22.4. The fourth-order valence-corrected chi connectivity index (χ4v) is 2.93. The average Bonchev–Trinajstić information content (AvgIpc) is 3.20. The van der Waals surface area contributed by atoms with E-state index >= 15 is 0 Å². The molecule has 1 amide bonds. The molecule has 0 fully saturated rings. The minimum atomic E-state index is -1.11. The third-order valence-electron chi connectivity index (χ3n) is 4.72. The fraction of sp³-hybridized carbons (Fsp3) is 0.455. The molecule has 1 unspecified atom stereocenters. The van der Waals surface area contributed by atoms with Crippen molar-refractivity contribution in [2.24, 2.45) is 5.92 Å². The highest BCUT2D eigenvalue weighted by molar-refractivity contribution is 6.01. The lowest BCUT2D eigenvalue weighted by Crippen LogP contribution is -2.30. The van der Waals surface area contributed by atoms with Crippen LogP contribution in [0.5, 0.6) is 0 Å². The fourth-order valence-electron chi connectivity index (χ4n) is 2.93. The first-order valence-electron chi connectivity index (χ1n) is 9.86. The summed E-state index contributed by atoms with van der Waals surface area (Å²) in [6.45, 7) is 12.3. The van der Waals surface area contributed by atoms with E-state index in [0.717, 1.165) is 29.9 Å². The minimum absolute atomic E-state index is 0.170. The molecule has 0 aliphatic heterocycles. The Balaban J connectivity index is 2.10. The maximum Gasteiger partial charge on any atom is 0.349 e. The first-order valence-corrected chi connectivity index (χ1v) is 9.86. The van der Waals surface area contributed by atoms with Gasteiger partial charge in [0.05, 0.1) is 0 Å². The molecule has 0 aliphatic carbocycles. The molecular weight excluding hydrogens is 384 g/mol. The molecule has 1 N–H and O–H groups in total. The molecule has 0 saturated heterocycles. The average molecular weight is 412 g/mol. The van der Waals surface area contributed by atoms with Crippen LogP contribution >= 0.6 is 0 Å². The van der Waals surface area contributed by atoms with Gasteiger partial charge in [-0.1, -0.05) is 19.0 Å². The summed E-state index contributed by atoms with van der Waals surface area (Å²) in [5.41, 5.74) is 2.64. The predicted molar refractivity (Wildman–Crippen MR) is 112 cm³/mol. The van der Waals surface area contributed by atoms with Gasteiger partial charge in [-0.05, 0) is 57.7 Å². The number of carbonyl (C=O) groups is 2. The number of nitriles is 1. The Labute approximate surface area is 176 Å². The van der Waals surface area contributed by atoms with Gasteiger partial charge >= 0.3 is 5.97 Å². The number of esters is 1. The number of nitrogens with zero attached hydrogens (tertiary/aromatic N) is 3. The summed E-state index contributed by atoms with van der Waals surface area (Å²) < 4.78 is 12.2. The maximum absolute atomic E-state index is 12.4. The van der Waals surface area contributed by atoms with Crippen molar-refractivity contribution in [2.45, 2.75) is 60.6 Å². The first kappa shape index (κ1) is 22.9. The molecular formula is C22H28N4O4. The number of amides is 1. The Morgan fingerprint density at radius 1 is 1.30 bits per heavy atom. The van der Waals surface area contributed by atoms with Crippen molar-refractivity contribution in [1.29, 1.82) is 5.26 Å². The summed E-state index contributed by atoms with van der Waals surface area (Å²) in [5, 5.41) is 15.6. The Hall–Kier alpha value is -3.34. The van der Waals surface area contributed by atoms with Crippen LogP contribution in [-0.4, -0.2) is 27.7 Å². The number of anilines is 1. The number of carbonyl (C=O) groups excluding carboxylic acids is 2. The third-order valence-corrected chi connectivity index (χ3v) is 4.72. The van der Waals surface area contributed by atoms with Crippen molar-refractivity contribution in [2.75, 3.05) is 5.32 Å². The topological polar surface area (TPSA) is 110 Å². The van der Waals surface area contributed by atoms with E-state index in [4.69, 9.17) is 9.26 Å². The highest BCUT2D eigenvalue weighted by atomic mass is 16.5. The van der Waals surface area contributed by atoms with Crippen molar-refractivity contribution >= 4 is 23.8 Å². The van der Waals surface area contributed by atoms with E-state index in [1.54, 1.807) is 13.0 Å². The first-order chi connectivity index (χ1) is 14.1. The zero-order valence-electron chi connectivity index (χ0n) is 18.3. The minimum Gasteiger partial charge on any atom is -0.448 e. The second kappa shape index (κ2) is 9.92. The van der Waals surface area contributed by atoms with Crippen molar-refractivity contribution in [3.8, 4) is 6.07 Å². The van der Waals surface area contributed by atoms with E-state index < -0.39 is 18.0 Å². The number of rotatable bonds is 8. The quantitative estimate of drug-likeness (QED) is 0.400. The second-order valence-electron chi connectivity index (χ2n) is 7.69. The molecule has 0 saturated carbocycles. The summed E-state index contributed by atoms with van der Waals surface area (Å²) in [5.74, 6) is -0.0890. The van der Waals surface area contributed by atoms with E-state index in [0.29, 0.717) is 11.7 Å². The standard InChI is InChI=1S/C22H28N4O4/c1-13(2)7-8-26-14(3)9-18(16(26)5)11-19(12-23)22(28)29-17(6)21(27)24-20-10-15(4)30-25-20/h9-11,13,17H,7-8H2,1-6H3,(H,24,25,27)/b19-11-. The number of nitrogens with one attached hydrogen (secondary N) is 1. The van der Waals surface area contributed by atoms with Crippen molar-refractivity contribution < 1.29 is 18.8 Å². The molecule has 8 nitrogen and oxygen atoms in total. The Bertz CT molecular complexity index is 991. The molecule has 0 radical (unpaired) electrons. The van der Waals surface area contributed by atoms with Crippen LogP contribution in [-0.2, 0) is 20.9 Å². The van der Waals surface area contributed by atoms with E-state index in [9.17, 15) is 14.9 Å². The van der Waals surface area contributed by atoms with E-state index in [1.807, 2.05) is 26.0 Å². The number of aryl methyl sites for hydroxylation is 2. The number of hydrogen-bond acceptors (Lipinski definition) is 6. The summed E-state index contributed by atoms with van der Waals surface area (Å²) in [7, 11) is 0. The molecule has 2 heterocycles. The summed E-state index contributed by atoms with van der Waals surface area (Å²) in [6.07, 6.45) is 1.43. The molecule has 2 aromatic rings. The molecule has 0 aliphatic rings. The smallest absolute Gasteiger partial charge is 0.349 e. The van der Waals surface area contributed by atoms with Crippen molar-refractivity contribution in [3.05, 3.63) is 40.4 Å². The Morgan fingerprint density at radius 2 is 2.00 bits per heavy atom. The van der Waals surface area contributed by atoms with Gasteiger partial charge in [-0.3, -0.25) is 4.79 Å². The highest BCUT2D eigenvalue weighted by Crippen LogP contribution is 2.20. The molecule has 0 bridgehead atoms. The second-order valence-corrected chi connectivity index (χ2v) is 7.69. The maximum atomic E-state index is 12.4. The number of ether oxygens (including phenoxy) is 1. The lowest BCUT2D eigenvalue weighted by Gasteiger charge is -2.12. The summed E-state index contributed by atoms with van der Waals surface area (Å²) in [6, 6.07) is 5.35. The lowest BCUT2D eigenvalue weighted by atomic mass is 10.1. The lowest BCUT2D eigenvalue weighted by molar-refractivity contribution is -0.148. The van der Waals surface area contributed by atoms with Crippen LogP contribution in [0.1, 0.15) is 49.9 Å². The molecule has 160 valence electrons. The van der Waals surface area contributed by atoms with Gasteiger partial charge in [0.1, 0.15) is 17.4 Å². The van der Waals surface area contributed by atoms with E-state index in [-0.39, 0.29) is 11.4 Å². The summed E-state index contributed by atoms with van der Waals surface area (Å²) in [4.78, 5) is 24.6. The van der Waals surface area contributed by atoms with Crippen molar-refractivity contribution in [1.82, 2.24) is 9.72 Å². The molecule has 0 spiro atoms. The molecule has 8 heteroatoms.